The first-order valence-electron chi connectivity index (χ1n) is 11.6. The van der Waals surface area contributed by atoms with E-state index in [0.29, 0.717) is 23.3 Å². The van der Waals surface area contributed by atoms with Gasteiger partial charge in [0.15, 0.2) is 0 Å². The molecule has 3 N–H and O–H groups in total. The zero-order chi connectivity index (χ0) is 22.5. The van der Waals surface area contributed by atoms with Crippen LogP contribution in [0.5, 0.6) is 0 Å². The molecular formula is C24H26ClN5O2S. The number of halogens is 1. The molecule has 172 valence electrons. The van der Waals surface area contributed by atoms with Gasteiger partial charge in [-0.05, 0) is 44.7 Å². The number of hydrogen-bond donors (Lipinski definition) is 3. The van der Waals surface area contributed by atoms with Crippen molar-refractivity contribution < 1.29 is 9.90 Å². The van der Waals surface area contributed by atoms with Gasteiger partial charge in [0.05, 0.1) is 17.4 Å². The third kappa shape index (κ3) is 3.79. The van der Waals surface area contributed by atoms with Crippen LogP contribution in [0, 0.1) is 5.92 Å². The van der Waals surface area contributed by atoms with Gasteiger partial charge in [0.2, 0.25) is 11.9 Å². The summed E-state index contributed by atoms with van der Waals surface area (Å²) in [5.41, 5.74) is 1.84. The van der Waals surface area contributed by atoms with E-state index in [1.165, 1.54) is 0 Å². The number of anilines is 2. The van der Waals surface area contributed by atoms with Crippen LogP contribution in [0.3, 0.4) is 0 Å². The van der Waals surface area contributed by atoms with Crippen LogP contribution in [0.1, 0.15) is 32.1 Å². The maximum Gasteiger partial charge on any atom is 0.229 e. The van der Waals surface area contributed by atoms with E-state index in [-0.39, 0.29) is 30.0 Å². The Hall–Kier alpha value is -2.26. The van der Waals surface area contributed by atoms with E-state index in [0.717, 1.165) is 60.0 Å². The van der Waals surface area contributed by atoms with Crippen LogP contribution in [0.25, 0.3) is 21.3 Å². The highest BCUT2D eigenvalue weighted by molar-refractivity contribution is 7.17. The van der Waals surface area contributed by atoms with E-state index in [1.807, 2.05) is 29.6 Å². The fourth-order valence-electron chi connectivity index (χ4n) is 5.59. The molecule has 0 radical (unpaired) electrons. The number of aliphatic hydroxyl groups excluding tert-OH is 1. The number of rotatable bonds is 4. The molecule has 6 rings (SSSR count). The van der Waals surface area contributed by atoms with Crippen molar-refractivity contribution in [3.63, 3.8) is 0 Å². The third-order valence-corrected chi connectivity index (χ3v) is 8.40. The van der Waals surface area contributed by atoms with E-state index in [9.17, 15) is 9.90 Å². The van der Waals surface area contributed by atoms with Gasteiger partial charge in [0, 0.05) is 40.2 Å². The summed E-state index contributed by atoms with van der Waals surface area (Å²) in [5.74, 6) is 1.12. The molecule has 2 aromatic heterocycles. The Labute approximate surface area is 201 Å². The van der Waals surface area contributed by atoms with Gasteiger partial charge in [-0.3, -0.25) is 4.79 Å². The standard InChI is InChI=1S/C24H26ClN5O2S/c25-19-4-2-1-3-17(19)18-12-33-23-20(18)21(27-22(32)13-7-8-26-11-13)28-24(29-23)30-14-5-6-15(30)10-16(31)9-14/h1-4,12-16,26,31H,5-11H2,(H,27,28,29,32). The minimum absolute atomic E-state index is 0.0145. The smallest absolute Gasteiger partial charge is 0.229 e. The van der Waals surface area contributed by atoms with Gasteiger partial charge in [-0.25, -0.2) is 4.98 Å². The Morgan fingerprint density at radius 2 is 1.94 bits per heavy atom. The molecule has 33 heavy (non-hydrogen) atoms. The van der Waals surface area contributed by atoms with E-state index in [4.69, 9.17) is 21.6 Å². The lowest BCUT2D eigenvalue weighted by Crippen LogP contribution is -2.45. The summed E-state index contributed by atoms with van der Waals surface area (Å²) in [6, 6.07) is 8.19. The van der Waals surface area contributed by atoms with Crippen molar-refractivity contribution in [3.8, 4) is 11.1 Å². The molecule has 0 aliphatic carbocycles. The van der Waals surface area contributed by atoms with Gasteiger partial charge in [0.1, 0.15) is 10.6 Å². The molecule has 3 saturated heterocycles. The highest BCUT2D eigenvalue weighted by Crippen LogP contribution is 2.43. The number of nitrogens with zero attached hydrogens (tertiary/aromatic N) is 3. The second-order valence-corrected chi connectivity index (χ2v) is 10.5. The Bertz CT molecular complexity index is 1200. The number of aromatic nitrogens is 2. The van der Waals surface area contributed by atoms with Gasteiger partial charge < -0.3 is 20.6 Å². The molecule has 0 spiro atoms. The molecule has 5 heterocycles. The quantitative estimate of drug-likeness (QED) is 0.518. The fraction of sp³-hybridized carbons (Fsp3) is 0.458. The van der Waals surface area contributed by atoms with Crippen LogP contribution in [-0.4, -0.2) is 52.3 Å². The van der Waals surface area contributed by atoms with Crippen molar-refractivity contribution in [1.29, 1.82) is 0 Å². The molecule has 9 heteroatoms. The maximum atomic E-state index is 13.1. The molecule has 3 aliphatic heterocycles. The molecule has 0 saturated carbocycles. The summed E-state index contributed by atoms with van der Waals surface area (Å²) in [5, 5.41) is 20.2. The van der Waals surface area contributed by atoms with Crippen LogP contribution >= 0.6 is 22.9 Å². The highest BCUT2D eigenvalue weighted by atomic mass is 35.5. The zero-order valence-electron chi connectivity index (χ0n) is 18.1. The topological polar surface area (TPSA) is 90.4 Å². The number of hydrogen-bond acceptors (Lipinski definition) is 7. The van der Waals surface area contributed by atoms with Crippen molar-refractivity contribution in [2.24, 2.45) is 5.92 Å². The van der Waals surface area contributed by atoms with E-state index in [1.54, 1.807) is 11.3 Å². The number of thiophene rings is 1. The zero-order valence-corrected chi connectivity index (χ0v) is 19.7. The minimum Gasteiger partial charge on any atom is -0.393 e. The van der Waals surface area contributed by atoms with E-state index < -0.39 is 0 Å². The number of piperidine rings is 1. The maximum absolute atomic E-state index is 13.1. The Morgan fingerprint density at radius 1 is 1.15 bits per heavy atom. The van der Waals surface area contributed by atoms with Crippen molar-refractivity contribution in [2.45, 2.75) is 50.3 Å². The first-order chi connectivity index (χ1) is 16.1. The number of benzene rings is 1. The number of nitrogens with one attached hydrogen (secondary N) is 2. The van der Waals surface area contributed by atoms with Crippen LogP contribution in [0.4, 0.5) is 11.8 Å². The van der Waals surface area contributed by atoms with Crippen LogP contribution in [0.2, 0.25) is 5.02 Å². The van der Waals surface area contributed by atoms with Gasteiger partial charge in [-0.1, -0.05) is 29.8 Å². The predicted octanol–water partition coefficient (Wildman–Crippen LogP) is 4.05. The van der Waals surface area contributed by atoms with E-state index in [2.05, 4.69) is 15.5 Å². The molecule has 7 nitrogen and oxygen atoms in total. The second-order valence-electron chi connectivity index (χ2n) is 9.28. The molecule has 3 unspecified atom stereocenters. The summed E-state index contributed by atoms with van der Waals surface area (Å²) >= 11 is 8.07. The number of carbonyl (C=O) groups is 1. The van der Waals surface area contributed by atoms with Gasteiger partial charge in [0.25, 0.3) is 0 Å². The Kier molecular flexibility index (Phi) is 5.49. The SMILES string of the molecule is O=C(Nc1nc(N2C3CCC2CC(O)C3)nc2scc(-c3ccccc3Cl)c12)C1CCNC1. The van der Waals surface area contributed by atoms with Crippen molar-refractivity contribution >= 4 is 50.8 Å². The normalized spacial score (nSPS) is 26.8. The minimum atomic E-state index is -0.259. The van der Waals surface area contributed by atoms with Gasteiger partial charge in [-0.15, -0.1) is 11.3 Å². The third-order valence-electron chi connectivity index (χ3n) is 7.20. The molecule has 3 aliphatic rings. The number of aliphatic hydroxyl groups is 1. The molecular weight excluding hydrogens is 458 g/mol. The summed E-state index contributed by atoms with van der Waals surface area (Å²) < 4.78 is 0. The summed E-state index contributed by atoms with van der Waals surface area (Å²) in [6.07, 6.45) is 4.11. The number of carbonyl (C=O) groups excluding carboxylic acids is 1. The largest absolute Gasteiger partial charge is 0.393 e. The Balaban J connectivity index is 1.46. The van der Waals surface area contributed by atoms with Crippen LogP contribution in [-0.2, 0) is 4.79 Å². The predicted molar refractivity (Wildman–Crippen MR) is 132 cm³/mol. The lowest BCUT2D eigenvalue weighted by atomic mass is 10.0. The first kappa shape index (κ1) is 21.3. The first-order valence-corrected chi connectivity index (χ1v) is 12.9. The average molecular weight is 484 g/mol. The van der Waals surface area contributed by atoms with Crippen molar-refractivity contribution in [3.05, 3.63) is 34.7 Å². The molecule has 3 fully saturated rings. The molecule has 3 aromatic rings. The fourth-order valence-corrected chi connectivity index (χ4v) is 6.76. The van der Waals surface area contributed by atoms with Crippen molar-refractivity contribution in [1.82, 2.24) is 15.3 Å². The summed E-state index contributed by atoms with van der Waals surface area (Å²) in [6.45, 7) is 1.54. The van der Waals surface area contributed by atoms with Crippen molar-refractivity contribution in [2.75, 3.05) is 23.3 Å². The van der Waals surface area contributed by atoms with Gasteiger partial charge in [-0.2, -0.15) is 4.98 Å². The second kappa shape index (κ2) is 8.51. The number of amides is 1. The lowest BCUT2D eigenvalue weighted by Gasteiger charge is -2.37. The van der Waals surface area contributed by atoms with Crippen LogP contribution < -0.4 is 15.5 Å². The molecule has 1 aromatic carbocycles. The number of fused-ring (bicyclic) bond motifs is 3. The molecule has 2 bridgehead atoms. The average Bonchev–Trinajstić information content (AvgIpc) is 3.53. The molecule has 3 atom stereocenters. The van der Waals surface area contributed by atoms with Gasteiger partial charge >= 0.3 is 0 Å². The molecule has 1 amide bonds. The summed E-state index contributed by atoms with van der Waals surface area (Å²) in [4.78, 5) is 26.1. The monoisotopic (exact) mass is 483 g/mol. The highest BCUT2D eigenvalue weighted by Gasteiger charge is 2.42. The lowest BCUT2D eigenvalue weighted by molar-refractivity contribution is -0.119. The van der Waals surface area contributed by atoms with E-state index >= 15 is 0 Å². The Morgan fingerprint density at radius 3 is 2.67 bits per heavy atom. The summed E-state index contributed by atoms with van der Waals surface area (Å²) in [7, 11) is 0. The van der Waals surface area contributed by atoms with Crippen LogP contribution in [0.15, 0.2) is 29.6 Å².